The van der Waals surface area contributed by atoms with Crippen LogP contribution in [0.15, 0.2) is 34.9 Å². The molecule has 0 fully saturated rings. The van der Waals surface area contributed by atoms with Crippen molar-refractivity contribution < 1.29 is 14.6 Å². The summed E-state index contributed by atoms with van der Waals surface area (Å²) in [6, 6.07) is 7.66. The number of para-hydroxylation sites is 1. The first kappa shape index (κ1) is 18.5. The molecule has 0 saturated heterocycles. The summed E-state index contributed by atoms with van der Waals surface area (Å²) in [5.41, 5.74) is 2.61. The average Bonchev–Trinajstić information content (AvgIpc) is 2.93. The van der Waals surface area contributed by atoms with Crippen LogP contribution in [0.5, 0.6) is 5.75 Å². The van der Waals surface area contributed by atoms with Gasteiger partial charge in [-0.1, -0.05) is 18.2 Å². The molecule has 1 aromatic heterocycles. The van der Waals surface area contributed by atoms with Gasteiger partial charge in [-0.3, -0.25) is 4.79 Å². The van der Waals surface area contributed by atoms with Crippen molar-refractivity contribution in [1.82, 2.24) is 9.88 Å². The van der Waals surface area contributed by atoms with Crippen molar-refractivity contribution in [1.29, 1.82) is 0 Å². The maximum atomic E-state index is 12.2. The number of benzene rings is 1. The van der Waals surface area contributed by atoms with E-state index >= 15 is 0 Å². The first-order valence-corrected chi connectivity index (χ1v) is 8.72. The van der Waals surface area contributed by atoms with E-state index in [0.717, 1.165) is 21.3 Å². The lowest BCUT2D eigenvalue weighted by Gasteiger charge is -2.16. The van der Waals surface area contributed by atoms with Crippen LogP contribution in [0.2, 0.25) is 0 Å². The number of aliphatic hydroxyl groups excluding tert-OH is 1. The summed E-state index contributed by atoms with van der Waals surface area (Å²) in [7, 11) is 0. The third-order valence-corrected chi connectivity index (χ3v) is 4.20. The lowest BCUT2D eigenvalue weighted by Crippen LogP contribution is -2.36. The number of halogens is 1. The Morgan fingerprint density at radius 2 is 2.04 bits per heavy atom. The molecule has 0 saturated carbocycles. The Bertz CT molecular complexity index is 692. The Morgan fingerprint density at radius 1 is 1.38 bits per heavy atom. The standard InChI is InChI=1S/C18H23BrN2O3/c1-4-21-10-14(19)8-16(21)18(23)20-9-15(22)11-24-17-12(2)6-5-7-13(17)3/h5-8,10,15,22H,4,9,11H2,1-3H3,(H,20,23). The van der Waals surface area contributed by atoms with Gasteiger partial charge in [0.25, 0.3) is 5.91 Å². The normalized spacial score (nSPS) is 12.0. The first-order valence-electron chi connectivity index (χ1n) is 7.93. The topological polar surface area (TPSA) is 63.5 Å². The molecule has 1 aromatic carbocycles. The predicted octanol–water partition coefficient (Wildman–Crippen LogP) is 3.06. The summed E-state index contributed by atoms with van der Waals surface area (Å²) in [4.78, 5) is 12.2. The number of carbonyl (C=O) groups is 1. The molecule has 1 unspecified atom stereocenters. The summed E-state index contributed by atoms with van der Waals surface area (Å²) in [5, 5.41) is 12.8. The average molecular weight is 395 g/mol. The van der Waals surface area contributed by atoms with Crippen LogP contribution >= 0.6 is 15.9 Å². The van der Waals surface area contributed by atoms with Crippen LogP contribution in [-0.4, -0.2) is 34.8 Å². The maximum absolute atomic E-state index is 12.2. The van der Waals surface area contributed by atoms with Crippen molar-refractivity contribution in [3.05, 3.63) is 51.8 Å². The molecule has 0 radical (unpaired) electrons. The molecule has 2 rings (SSSR count). The molecule has 2 aromatic rings. The molecule has 1 amide bonds. The SMILES string of the molecule is CCn1cc(Br)cc1C(=O)NCC(O)COc1c(C)cccc1C. The highest BCUT2D eigenvalue weighted by atomic mass is 79.9. The Kier molecular flexibility index (Phi) is 6.45. The van der Waals surface area contributed by atoms with E-state index in [1.807, 2.05) is 49.7 Å². The highest BCUT2D eigenvalue weighted by Crippen LogP contribution is 2.22. The summed E-state index contributed by atoms with van der Waals surface area (Å²) >= 11 is 3.37. The van der Waals surface area contributed by atoms with Gasteiger partial charge in [-0.15, -0.1) is 0 Å². The molecular weight excluding hydrogens is 372 g/mol. The van der Waals surface area contributed by atoms with Gasteiger partial charge in [-0.25, -0.2) is 0 Å². The van der Waals surface area contributed by atoms with E-state index in [2.05, 4.69) is 21.2 Å². The Morgan fingerprint density at radius 3 is 2.67 bits per heavy atom. The molecule has 2 N–H and O–H groups in total. The smallest absolute Gasteiger partial charge is 0.268 e. The largest absolute Gasteiger partial charge is 0.490 e. The van der Waals surface area contributed by atoms with Crippen molar-refractivity contribution in [2.24, 2.45) is 0 Å². The molecule has 0 aliphatic heterocycles. The van der Waals surface area contributed by atoms with Crippen LogP contribution in [0, 0.1) is 13.8 Å². The molecular formula is C18H23BrN2O3. The monoisotopic (exact) mass is 394 g/mol. The molecule has 1 heterocycles. The molecule has 0 aliphatic carbocycles. The van der Waals surface area contributed by atoms with Gasteiger partial charge in [0, 0.05) is 23.8 Å². The number of amides is 1. The maximum Gasteiger partial charge on any atom is 0.268 e. The Hall–Kier alpha value is -1.79. The lowest BCUT2D eigenvalue weighted by atomic mass is 10.1. The summed E-state index contributed by atoms with van der Waals surface area (Å²) in [6.45, 7) is 6.87. The number of nitrogens with one attached hydrogen (secondary N) is 1. The lowest BCUT2D eigenvalue weighted by molar-refractivity contribution is 0.0834. The Balaban J connectivity index is 1.87. The molecule has 24 heavy (non-hydrogen) atoms. The molecule has 130 valence electrons. The number of nitrogens with zero attached hydrogens (tertiary/aromatic N) is 1. The summed E-state index contributed by atoms with van der Waals surface area (Å²) in [5.74, 6) is 0.570. The van der Waals surface area contributed by atoms with Crippen LogP contribution in [0.3, 0.4) is 0 Å². The van der Waals surface area contributed by atoms with E-state index in [1.165, 1.54) is 0 Å². The molecule has 6 heteroatoms. The van der Waals surface area contributed by atoms with Crippen LogP contribution in [0.25, 0.3) is 0 Å². The predicted molar refractivity (Wildman–Crippen MR) is 97.6 cm³/mol. The number of hydrogen-bond donors (Lipinski definition) is 2. The first-order chi connectivity index (χ1) is 11.4. The number of rotatable bonds is 7. The van der Waals surface area contributed by atoms with Crippen LogP contribution in [0.4, 0.5) is 0 Å². The van der Waals surface area contributed by atoms with Crippen LogP contribution in [-0.2, 0) is 6.54 Å². The fourth-order valence-electron chi connectivity index (χ4n) is 2.49. The van der Waals surface area contributed by atoms with Crippen molar-refractivity contribution in [2.75, 3.05) is 13.2 Å². The fourth-order valence-corrected chi connectivity index (χ4v) is 2.96. The second-order valence-electron chi connectivity index (χ2n) is 5.73. The molecule has 0 bridgehead atoms. The van der Waals surface area contributed by atoms with Crippen molar-refractivity contribution in [3.8, 4) is 5.75 Å². The minimum absolute atomic E-state index is 0.129. The molecule has 0 spiro atoms. The van der Waals surface area contributed by atoms with E-state index < -0.39 is 6.10 Å². The van der Waals surface area contributed by atoms with E-state index in [4.69, 9.17) is 4.74 Å². The number of carbonyl (C=O) groups excluding carboxylic acids is 1. The molecule has 1 atom stereocenters. The van der Waals surface area contributed by atoms with E-state index in [0.29, 0.717) is 12.2 Å². The molecule has 0 aliphatic rings. The van der Waals surface area contributed by atoms with E-state index in [-0.39, 0.29) is 19.1 Å². The van der Waals surface area contributed by atoms with Gasteiger partial charge < -0.3 is 19.7 Å². The highest BCUT2D eigenvalue weighted by molar-refractivity contribution is 9.10. The number of aryl methyl sites for hydroxylation is 3. The van der Waals surface area contributed by atoms with Gasteiger partial charge in [-0.05, 0) is 53.9 Å². The minimum atomic E-state index is -0.776. The van der Waals surface area contributed by atoms with Gasteiger partial charge in [0.15, 0.2) is 0 Å². The zero-order valence-corrected chi connectivity index (χ0v) is 15.8. The highest BCUT2D eigenvalue weighted by Gasteiger charge is 2.14. The number of aromatic nitrogens is 1. The number of aliphatic hydroxyl groups is 1. The van der Waals surface area contributed by atoms with Gasteiger partial charge in [0.1, 0.15) is 24.2 Å². The second-order valence-corrected chi connectivity index (χ2v) is 6.64. The van der Waals surface area contributed by atoms with Gasteiger partial charge in [0.05, 0.1) is 0 Å². The van der Waals surface area contributed by atoms with Crippen LogP contribution < -0.4 is 10.1 Å². The van der Waals surface area contributed by atoms with Crippen LogP contribution in [0.1, 0.15) is 28.5 Å². The second kappa shape index (κ2) is 8.35. The number of ether oxygens (including phenoxy) is 1. The van der Waals surface area contributed by atoms with E-state index in [9.17, 15) is 9.90 Å². The van der Waals surface area contributed by atoms with Crippen molar-refractivity contribution in [3.63, 3.8) is 0 Å². The summed E-state index contributed by atoms with van der Waals surface area (Å²) in [6.07, 6.45) is 1.08. The molecule has 5 nitrogen and oxygen atoms in total. The minimum Gasteiger partial charge on any atom is -0.490 e. The number of hydrogen-bond acceptors (Lipinski definition) is 3. The van der Waals surface area contributed by atoms with Gasteiger partial charge >= 0.3 is 0 Å². The van der Waals surface area contributed by atoms with Gasteiger partial charge in [0.2, 0.25) is 0 Å². The van der Waals surface area contributed by atoms with E-state index in [1.54, 1.807) is 6.07 Å². The van der Waals surface area contributed by atoms with Crippen molar-refractivity contribution >= 4 is 21.8 Å². The zero-order valence-electron chi connectivity index (χ0n) is 14.2. The third kappa shape index (κ3) is 4.61. The Labute approximate surface area is 150 Å². The third-order valence-electron chi connectivity index (χ3n) is 3.76. The fraction of sp³-hybridized carbons (Fsp3) is 0.389. The van der Waals surface area contributed by atoms with Crippen molar-refractivity contribution in [2.45, 2.75) is 33.4 Å². The zero-order chi connectivity index (χ0) is 17.7. The quantitative estimate of drug-likeness (QED) is 0.758. The summed E-state index contributed by atoms with van der Waals surface area (Å²) < 4.78 is 8.40. The van der Waals surface area contributed by atoms with Gasteiger partial charge in [-0.2, -0.15) is 0 Å².